The second kappa shape index (κ2) is 4.29. The first-order chi connectivity index (χ1) is 8.75. The van der Waals surface area contributed by atoms with Crippen LogP contribution in [0.3, 0.4) is 0 Å². The number of primary amides is 1. The van der Waals surface area contributed by atoms with Gasteiger partial charge in [0.15, 0.2) is 0 Å². The maximum Gasteiger partial charge on any atom is 0.248 e. The summed E-state index contributed by atoms with van der Waals surface area (Å²) >= 11 is 0. The van der Waals surface area contributed by atoms with E-state index >= 15 is 0 Å². The number of imidazole rings is 1. The molecule has 1 aromatic heterocycles. The predicted octanol–water partition coefficient (Wildman–Crippen LogP) is 1.91. The number of benzene rings is 1. The second-order valence-corrected chi connectivity index (χ2v) is 4.69. The molecule has 0 fully saturated rings. The van der Waals surface area contributed by atoms with Crippen LogP contribution < -0.4 is 5.73 Å². The zero-order valence-corrected chi connectivity index (χ0v) is 10.0. The van der Waals surface area contributed by atoms with E-state index in [-0.39, 0.29) is 5.91 Å². The summed E-state index contributed by atoms with van der Waals surface area (Å²) in [5.74, 6) is -0.381. The molecule has 2 N–H and O–H groups in total. The molecular formula is C14H15N3O. The van der Waals surface area contributed by atoms with E-state index in [0.29, 0.717) is 11.6 Å². The number of amides is 1. The molecular weight excluding hydrogens is 226 g/mol. The minimum Gasteiger partial charge on any atom is -0.366 e. The molecule has 3 rings (SSSR count). The van der Waals surface area contributed by atoms with Crippen molar-refractivity contribution in [3.63, 3.8) is 0 Å². The van der Waals surface area contributed by atoms with Crippen molar-refractivity contribution in [1.82, 2.24) is 9.55 Å². The fourth-order valence-corrected chi connectivity index (χ4v) is 2.62. The van der Waals surface area contributed by atoms with Gasteiger partial charge in [0, 0.05) is 17.5 Å². The van der Waals surface area contributed by atoms with Crippen LogP contribution in [0.1, 0.15) is 40.5 Å². The van der Waals surface area contributed by atoms with Gasteiger partial charge in [-0.25, -0.2) is 4.98 Å². The van der Waals surface area contributed by atoms with Gasteiger partial charge in [0.1, 0.15) is 0 Å². The predicted molar refractivity (Wildman–Crippen MR) is 68.3 cm³/mol. The van der Waals surface area contributed by atoms with Gasteiger partial charge < -0.3 is 10.3 Å². The Kier molecular flexibility index (Phi) is 2.63. The van der Waals surface area contributed by atoms with E-state index in [2.05, 4.69) is 9.55 Å². The number of carbonyl (C=O) groups excluding carboxylic acids is 1. The molecule has 0 saturated heterocycles. The van der Waals surface area contributed by atoms with E-state index in [0.717, 1.165) is 12.8 Å². The van der Waals surface area contributed by atoms with Crippen LogP contribution in [0.15, 0.2) is 36.8 Å². The van der Waals surface area contributed by atoms with Crippen LogP contribution in [0.25, 0.3) is 0 Å². The molecule has 18 heavy (non-hydrogen) atoms. The summed E-state index contributed by atoms with van der Waals surface area (Å²) in [5, 5.41) is 0. The van der Waals surface area contributed by atoms with Crippen molar-refractivity contribution in [3.05, 3.63) is 53.6 Å². The Balaban J connectivity index is 1.95. The summed E-state index contributed by atoms with van der Waals surface area (Å²) in [4.78, 5) is 15.3. The van der Waals surface area contributed by atoms with Crippen molar-refractivity contribution in [1.29, 1.82) is 0 Å². The van der Waals surface area contributed by atoms with Crippen LogP contribution in [0.2, 0.25) is 0 Å². The van der Waals surface area contributed by atoms with Gasteiger partial charge in [0.2, 0.25) is 5.91 Å². The SMILES string of the molecule is NC(=O)c1ccc([C@@H]2CCCc3cncn32)cc1. The van der Waals surface area contributed by atoms with Crippen molar-refractivity contribution >= 4 is 5.91 Å². The molecule has 2 aromatic rings. The summed E-state index contributed by atoms with van der Waals surface area (Å²) < 4.78 is 2.22. The van der Waals surface area contributed by atoms with Gasteiger partial charge in [0.05, 0.1) is 12.4 Å². The molecule has 1 amide bonds. The Morgan fingerprint density at radius 2 is 2.11 bits per heavy atom. The fraction of sp³-hybridized carbons (Fsp3) is 0.286. The molecule has 1 aliphatic heterocycles. The molecule has 1 aromatic carbocycles. The second-order valence-electron chi connectivity index (χ2n) is 4.69. The number of nitrogens with two attached hydrogens (primary N) is 1. The molecule has 0 bridgehead atoms. The van der Waals surface area contributed by atoms with Gasteiger partial charge in [0.25, 0.3) is 0 Å². The molecule has 0 aliphatic carbocycles. The van der Waals surface area contributed by atoms with E-state index < -0.39 is 0 Å². The molecule has 2 heterocycles. The fourth-order valence-electron chi connectivity index (χ4n) is 2.62. The normalized spacial score (nSPS) is 18.3. The number of aromatic nitrogens is 2. The minimum atomic E-state index is -0.381. The first-order valence-electron chi connectivity index (χ1n) is 6.16. The maximum absolute atomic E-state index is 11.1. The van der Waals surface area contributed by atoms with Gasteiger partial charge in [-0.1, -0.05) is 12.1 Å². The summed E-state index contributed by atoms with van der Waals surface area (Å²) in [5.41, 5.74) is 8.29. The van der Waals surface area contributed by atoms with Crippen LogP contribution in [0.4, 0.5) is 0 Å². The van der Waals surface area contributed by atoms with E-state index in [1.165, 1.54) is 17.7 Å². The largest absolute Gasteiger partial charge is 0.366 e. The summed E-state index contributed by atoms with van der Waals surface area (Å²) in [6, 6.07) is 7.89. The third-order valence-electron chi connectivity index (χ3n) is 3.57. The highest BCUT2D eigenvalue weighted by Gasteiger charge is 2.20. The molecule has 0 radical (unpaired) electrons. The van der Waals surface area contributed by atoms with Gasteiger partial charge in [-0.3, -0.25) is 4.79 Å². The number of nitrogens with zero attached hydrogens (tertiary/aromatic N) is 2. The Morgan fingerprint density at radius 3 is 2.83 bits per heavy atom. The standard InChI is InChI=1S/C14H15N3O/c15-14(18)11-6-4-10(5-7-11)13-3-1-2-12-8-16-9-17(12)13/h4-9,13H,1-3H2,(H2,15,18)/t13-/m0/s1. The quantitative estimate of drug-likeness (QED) is 0.873. The highest BCUT2D eigenvalue weighted by atomic mass is 16.1. The Morgan fingerprint density at radius 1 is 1.33 bits per heavy atom. The van der Waals surface area contributed by atoms with Crippen molar-refractivity contribution < 1.29 is 4.79 Å². The lowest BCUT2D eigenvalue weighted by Crippen LogP contribution is -2.18. The topological polar surface area (TPSA) is 60.9 Å². The monoisotopic (exact) mass is 241 g/mol. The first-order valence-corrected chi connectivity index (χ1v) is 6.16. The van der Waals surface area contributed by atoms with Crippen molar-refractivity contribution in [2.75, 3.05) is 0 Å². The lowest BCUT2D eigenvalue weighted by atomic mass is 9.95. The summed E-state index contributed by atoms with van der Waals surface area (Å²) in [7, 11) is 0. The molecule has 1 aliphatic rings. The lowest BCUT2D eigenvalue weighted by Gasteiger charge is -2.25. The highest BCUT2D eigenvalue weighted by molar-refractivity contribution is 5.92. The molecule has 4 heteroatoms. The summed E-state index contributed by atoms with van der Waals surface area (Å²) in [6.07, 6.45) is 7.20. The third-order valence-corrected chi connectivity index (χ3v) is 3.57. The number of fused-ring (bicyclic) bond motifs is 1. The Labute approximate surface area is 105 Å². The van der Waals surface area contributed by atoms with Crippen LogP contribution >= 0.6 is 0 Å². The zero-order chi connectivity index (χ0) is 12.5. The van der Waals surface area contributed by atoms with E-state index in [1.54, 1.807) is 12.1 Å². The number of aryl methyl sites for hydroxylation is 1. The van der Waals surface area contributed by atoms with Crippen molar-refractivity contribution in [3.8, 4) is 0 Å². The van der Waals surface area contributed by atoms with Gasteiger partial charge in [-0.05, 0) is 37.0 Å². The zero-order valence-electron chi connectivity index (χ0n) is 10.0. The Bertz CT molecular complexity index is 571. The van der Waals surface area contributed by atoms with Crippen molar-refractivity contribution in [2.45, 2.75) is 25.3 Å². The Hall–Kier alpha value is -2.10. The van der Waals surface area contributed by atoms with E-state index in [4.69, 9.17) is 5.73 Å². The molecule has 0 unspecified atom stereocenters. The van der Waals surface area contributed by atoms with Crippen LogP contribution in [-0.2, 0) is 6.42 Å². The molecule has 92 valence electrons. The smallest absolute Gasteiger partial charge is 0.248 e. The van der Waals surface area contributed by atoms with Gasteiger partial charge in [-0.15, -0.1) is 0 Å². The van der Waals surface area contributed by atoms with Crippen LogP contribution in [-0.4, -0.2) is 15.5 Å². The summed E-state index contributed by atoms with van der Waals surface area (Å²) in [6.45, 7) is 0. The first kappa shape index (κ1) is 11.0. The highest BCUT2D eigenvalue weighted by Crippen LogP contribution is 2.30. The average molecular weight is 241 g/mol. The van der Waals surface area contributed by atoms with Crippen LogP contribution in [0, 0.1) is 0 Å². The molecule has 0 spiro atoms. The third kappa shape index (κ3) is 1.79. The minimum absolute atomic E-state index is 0.332. The molecule has 1 atom stereocenters. The van der Waals surface area contributed by atoms with Gasteiger partial charge in [-0.2, -0.15) is 0 Å². The van der Waals surface area contributed by atoms with Crippen LogP contribution in [0.5, 0.6) is 0 Å². The van der Waals surface area contributed by atoms with Crippen molar-refractivity contribution in [2.24, 2.45) is 5.73 Å². The number of rotatable bonds is 2. The van der Waals surface area contributed by atoms with Gasteiger partial charge >= 0.3 is 0 Å². The number of carbonyl (C=O) groups is 1. The number of hydrogen-bond acceptors (Lipinski definition) is 2. The molecule has 4 nitrogen and oxygen atoms in total. The maximum atomic E-state index is 11.1. The lowest BCUT2D eigenvalue weighted by molar-refractivity contribution is 0.100. The van der Waals surface area contributed by atoms with E-state index in [9.17, 15) is 4.79 Å². The molecule has 0 saturated carbocycles. The average Bonchev–Trinajstić information content (AvgIpc) is 2.87. The van der Waals surface area contributed by atoms with E-state index in [1.807, 2.05) is 24.7 Å². The number of hydrogen-bond donors (Lipinski definition) is 1.